The zero-order valence-electron chi connectivity index (χ0n) is 18.2. The lowest BCUT2D eigenvalue weighted by atomic mass is 9.76. The standard InChI is InChI=1S/C16H28O3.C3H8O2.C2H6/c1-6-9-13(7-2)15(12(4)5)10-14(17)11-19-16(18)8-3;1-3(2,4)5;1-2/h8,12-13,15H,3,6-7,9-11H2,1-2,4-5H3;4-5H,1-2H3;1-2H3. The van der Waals surface area contributed by atoms with Crippen LogP contribution in [0.15, 0.2) is 12.7 Å². The average Bonchev–Trinajstić information content (AvgIpc) is 2.55. The first kappa shape index (κ1) is 29.6. The number of Topliss-reactive ketones (excluding diaryl/α,β-unsaturated/α-hetero) is 1. The Morgan fingerprint density at radius 3 is 1.92 bits per heavy atom. The number of aliphatic hydroxyl groups is 2. The lowest BCUT2D eigenvalue weighted by molar-refractivity contribution is -0.143. The Balaban J connectivity index is -0.000000645. The molecule has 0 aliphatic carbocycles. The van der Waals surface area contributed by atoms with Crippen LogP contribution in [-0.2, 0) is 14.3 Å². The van der Waals surface area contributed by atoms with E-state index in [2.05, 4.69) is 34.3 Å². The van der Waals surface area contributed by atoms with Gasteiger partial charge in [-0.25, -0.2) is 4.79 Å². The third-order valence-electron chi connectivity index (χ3n) is 3.65. The summed E-state index contributed by atoms with van der Waals surface area (Å²) in [4.78, 5) is 22.8. The first-order chi connectivity index (χ1) is 12.0. The van der Waals surface area contributed by atoms with Crippen molar-refractivity contribution in [3.05, 3.63) is 12.7 Å². The van der Waals surface area contributed by atoms with Crippen LogP contribution in [0.5, 0.6) is 0 Å². The van der Waals surface area contributed by atoms with Crippen LogP contribution in [0.3, 0.4) is 0 Å². The van der Waals surface area contributed by atoms with Gasteiger partial charge in [-0.1, -0.05) is 67.4 Å². The number of esters is 1. The number of hydrogen-bond donors (Lipinski definition) is 2. The van der Waals surface area contributed by atoms with Gasteiger partial charge in [0.2, 0.25) is 0 Å². The van der Waals surface area contributed by atoms with E-state index in [4.69, 9.17) is 14.9 Å². The monoisotopic (exact) mass is 374 g/mol. The maximum Gasteiger partial charge on any atom is 0.330 e. The van der Waals surface area contributed by atoms with Crippen LogP contribution in [0.25, 0.3) is 0 Å². The van der Waals surface area contributed by atoms with Crippen molar-refractivity contribution in [1.82, 2.24) is 0 Å². The van der Waals surface area contributed by atoms with Crippen molar-refractivity contribution >= 4 is 11.8 Å². The van der Waals surface area contributed by atoms with Gasteiger partial charge in [0.1, 0.15) is 6.61 Å². The van der Waals surface area contributed by atoms with Gasteiger partial charge < -0.3 is 14.9 Å². The minimum atomic E-state index is -1.50. The number of ether oxygens (including phenoxy) is 1. The van der Waals surface area contributed by atoms with Crippen LogP contribution in [-0.4, -0.2) is 34.4 Å². The predicted molar refractivity (Wildman–Crippen MR) is 108 cm³/mol. The molecule has 2 N–H and O–H groups in total. The van der Waals surface area contributed by atoms with Crippen molar-refractivity contribution in [2.45, 2.75) is 86.9 Å². The Morgan fingerprint density at radius 1 is 1.15 bits per heavy atom. The van der Waals surface area contributed by atoms with Crippen molar-refractivity contribution in [2.75, 3.05) is 6.61 Å². The fraction of sp³-hybridized carbons (Fsp3) is 0.810. The van der Waals surface area contributed by atoms with Crippen molar-refractivity contribution in [3.63, 3.8) is 0 Å². The first-order valence-electron chi connectivity index (χ1n) is 9.71. The Bertz CT molecular complexity index is 363. The molecule has 0 aromatic heterocycles. The molecule has 0 rings (SSSR count). The molecule has 0 aliphatic rings. The molecule has 0 aromatic carbocycles. The van der Waals surface area contributed by atoms with E-state index in [1.165, 1.54) is 13.8 Å². The Kier molecular flexibility index (Phi) is 19.6. The van der Waals surface area contributed by atoms with E-state index in [0.717, 1.165) is 25.3 Å². The Hall–Kier alpha value is -1.20. The minimum Gasteiger partial charge on any atom is -0.455 e. The third kappa shape index (κ3) is 20.8. The van der Waals surface area contributed by atoms with Crippen molar-refractivity contribution in [3.8, 4) is 0 Å². The third-order valence-corrected chi connectivity index (χ3v) is 3.65. The topological polar surface area (TPSA) is 83.8 Å². The molecule has 0 spiro atoms. The van der Waals surface area contributed by atoms with Crippen LogP contribution in [0.1, 0.15) is 81.1 Å². The molecule has 156 valence electrons. The highest BCUT2D eigenvalue weighted by atomic mass is 16.5. The van der Waals surface area contributed by atoms with Crippen LogP contribution >= 0.6 is 0 Å². The van der Waals surface area contributed by atoms with Gasteiger partial charge in [-0.05, 0) is 31.6 Å². The van der Waals surface area contributed by atoms with E-state index in [0.29, 0.717) is 24.2 Å². The fourth-order valence-corrected chi connectivity index (χ4v) is 2.57. The highest BCUT2D eigenvalue weighted by molar-refractivity contribution is 5.86. The van der Waals surface area contributed by atoms with Gasteiger partial charge >= 0.3 is 5.97 Å². The minimum absolute atomic E-state index is 0.00320. The molecule has 26 heavy (non-hydrogen) atoms. The van der Waals surface area contributed by atoms with Crippen molar-refractivity contribution in [2.24, 2.45) is 17.8 Å². The summed E-state index contributed by atoms with van der Waals surface area (Å²) < 4.78 is 4.80. The highest BCUT2D eigenvalue weighted by Crippen LogP contribution is 2.30. The molecular formula is C21H42O5. The molecule has 0 heterocycles. The summed E-state index contributed by atoms with van der Waals surface area (Å²) in [7, 11) is 0. The molecule has 0 amide bonds. The van der Waals surface area contributed by atoms with Crippen molar-refractivity contribution < 1.29 is 24.5 Å². The van der Waals surface area contributed by atoms with E-state index in [1.54, 1.807) is 0 Å². The zero-order valence-corrected chi connectivity index (χ0v) is 18.2. The second-order valence-corrected chi connectivity index (χ2v) is 6.91. The van der Waals surface area contributed by atoms with Gasteiger partial charge in [0.25, 0.3) is 0 Å². The second kappa shape index (κ2) is 17.2. The van der Waals surface area contributed by atoms with E-state index < -0.39 is 11.8 Å². The van der Waals surface area contributed by atoms with Gasteiger partial charge in [-0.3, -0.25) is 4.79 Å². The summed E-state index contributed by atoms with van der Waals surface area (Å²) in [6.07, 6.45) is 4.97. The number of carbonyl (C=O) groups is 2. The second-order valence-electron chi connectivity index (χ2n) is 6.91. The molecule has 2 unspecified atom stereocenters. The number of carbonyl (C=O) groups excluding carboxylic acids is 2. The molecule has 2 atom stereocenters. The Morgan fingerprint density at radius 2 is 1.62 bits per heavy atom. The van der Waals surface area contributed by atoms with Crippen LogP contribution in [0.4, 0.5) is 0 Å². The van der Waals surface area contributed by atoms with Gasteiger partial charge in [-0.15, -0.1) is 0 Å². The van der Waals surface area contributed by atoms with Gasteiger partial charge in [0.15, 0.2) is 11.6 Å². The quantitative estimate of drug-likeness (QED) is 0.334. The van der Waals surface area contributed by atoms with Crippen LogP contribution in [0, 0.1) is 17.8 Å². The van der Waals surface area contributed by atoms with E-state index in [9.17, 15) is 9.59 Å². The lowest BCUT2D eigenvalue weighted by Gasteiger charge is -2.29. The largest absolute Gasteiger partial charge is 0.455 e. The summed E-state index contributed by atoms with van der Waals surface area (Å²) in [5.41, 5.74) is 0. The van der Waals surface area contributed by atoms with Gasteiger partial charge in [0.05, 0.1) is 0 Å². The van der Waals surface area contributed by atoms with E-state index >= 15 is 0 Å². The average molecular weight is 375 g/mol. The van der Waals surface area contributed by atoms with Crippen molar-refractivity contribution in [1.29, 1.82) is 0 Å². The maximum atomic E-state index is 11.9. The summed E-state index contributed by atoms with van der Waals surface area (Å²) in [5, 5.41) is 16.2. The smallest absolute Gasteiger partial charge is 0.330 e. The van der Waals surface area contributed by atoms with E-state index in [-0.39, 0.29) is 12.4 Å². The summed E-state index contributed by atoms with van der Waals surface area (Å²) in [6, 6.07) is 0. The zero-order chi connectivity index (χ0) is 21.3. The number of ketones is 1. The molecule has 0 aromatic rings. The molecule has 0 saturated heterocycles. The lowest BCUT2D eigenvalue weighted by Crippen LogP contribution is -2.25. The normalized spacial score (nSPS) is 12.7. The SMILES string of the molecule is C=CC(=O)OCC(=O)CC(C(C)C)C(CC)CCC.CC.CC(C)(O)O. The van der Waals surface area contributed by atoms with E-state index in [1.807, 2.05) is 13.8 Å². The number of hydrogen-bond acceptors (Lipinski definition) is 5. The Labute approximate surface area is 160 Å². The summed E-state index contributed by atoms with van der Waals surface area (Å²) >= 11 is 0. The molecule has 0 bridgehead atoms. The molecule has 0 radical (unpaired) electrons. The molecule has 0 fully saturated rings. The first-order valence-corrected chi connectivity index (χ1v) is 9.71. The predicted octanol–water partition coefficient (Wildman–Crippen LogP) is 4.51. The molecule has 0 saturated carbocycles. The summed E-state index contributed by atoms with van der Waals surface area (Å²) in [6.45, 7) is 18.4. The fourth-order valence-electron chi connectivity index (χ4n) is 2.57. The van der Waals surface area contributed by atoms with Gasteiger partial charge in [-0.2, -0.15) is 0 Å². The highest BCUT2D eigenvalue weighted by Gasteiger charge is 2.25. The number of rotatable bonds is 10. The van der Waals surface area contributed by atoms with Gasteiger partial charge in [0, 0.05) is 12.5 Å². The van der Waals surface area contributed by atoms with Crippen LogP contribution < -0.4 is 0 Å². The molecule has 5 heteroatoms. The molecular weight excluding hydrogens is 332 g/mol. The molecule has 0 aliphatic heterocycles. The molecule has 5 nitrogen and oxygen atoms in total. The summed E-state index contributed by atoms with van der Waals surface area (Å²) in [5.74, 6) is -0.613. The maximum absolute atomic E-state index is 11.9. The van der Waals surface area contributed by atoms with Crippen LogP contribution in [0.2, 0.25) is 0 Å².